The van der Waals surface area contributed by atoms with Crippen LogP contribution in [0.1, 0.15) is 29.1 Å². The Kier molecular flexibility index (Phi) is 6.53. The number of nitrogens with one attached hydrogen (secondary N) is 1. The van der Waals surface area contributed by atoms with Crippen LogP contribution in [0.25, 0.3) is 26.8 Å². The van der Waals surface area contributed by atoms with Gasteiger partial charge in [-0.3, -0.25) is 14.9 Å². The molecule has 0 saturated carbocycles. The fraction of sp³-hybridized carbons (Fsp3) is 0.192. The third kappa shape index (κ3) is 4.49. The Morgan fingerprint density at radius 2 is 1.78 bits per heavy atom. The van der Waals surface area contributed by atoms with Crippen molar-refractivity contribution in [3.63, 3.8) is 0 Å². The number of nitro groups is 1. The van der Waals surface area contributed by atoms with Crippen molar-refractivity contribution < 1.29 is 9.72 Å². The van der Waals surface area contributed by atoms with Crippen molar-refractivity contribution in [1.82, 2.24) is 15.0 Å². The molecule has 0 aliphatic rings. The van der Waals surface area contributed by atoms with E-state index in [1.165, 1.54) is 6.07 Å². The topological polar surface area (TPSA) is 106 Å². The van der Waals surface area contributed by atoms with Gasteiger partial charge in [0, 0.05) is 35.9 Å². The van der Waals surface area contributed by atoms with Gasteiger partial charge in [0.1, 0.15) is 20.6 Å². The Balaban J connectivity index is 1.44. The lowest BCUT2D eigenvalue weighted by molar-refractivity contribution is -0.382. The van der Waals surface area contributed by atoms with Gasteiger partial charge in [-0.2, -0.15) is 4.80 Å². The Morgan fingerprint density at radius 3 is 2.43 bits per heavy atom. The summed E-state index contributed by atoms with van der Waals surface area (Å²) in [6.45, 7) is 7.96. The number of hydrogen-bond acceptors (Lipinski definition) is 7. The number of nitrogens with zero attached hydrogens (tertiary/aromatic N) is 5. The summed E-state index contributed by atoms with van der Waals surface area (Å²) in [7, 11) is 0. The Labute approximate surface area is 221 Å². The number of aryl methyl sites for hydroxylation is 1. The second-order valence-corrected chi connectivity index (χ2v) is 9.84. The fourth-order valence-corrected chi connectivity index (χ4v) is 5.74. The maximum Gasteiger partial charge on any atom is 0.287 e. The smallest absolute Gasteiger partial charge is 0.287 e. The van der Waals surface area contributed by atoms with E-state index in [9.17, 15) is 14.9 Å². The van der Waals surface area contributed by atoms with Gasteiger partial charge in [-0.25, -0.2) is 0 Å². The zero-order valence-corrected chi connectivity index (χ0v) is 21.9. The molecule has 9 nitrogen and oxygen atoms in total. The van der Waals surface area contributed by atoms with Crippen LogP contribution in [0.3, 0.4) is 0 Å². The van der Waals surface area contributed by atoms with Crippen molar-refractivity contribution in [2.45, 2.75) is 20.8 Å². The highest BCUT2D eigenvalue weighted by atomic mass is 35.5. The molecular weight excluding hydrogens is 512 g/mol. The number of rotatable bonds is 7. The van der Waals surface area contributed by atoms with Crippen LogP contribution in [0, 0.1) is 17.0 Å². The van der Waals surface area contributed by atoms with E-state index in [1.807, 2.05) is 37.3 Å². The van der Waals surface area contributed by atoms with E-state index < -0.39 is 10.8 Å². The summed E-state index contributed by atoms with van der Waals surface area (Å²) >= 11 is 7.45. The third-order valence-corrected chi connectivity index (χ3v) is 7.95. The van der Waals surface area contributed by atoms with Gasteiger partial charge in [0.25, 0.3) is 11.6 Å². The van der Waals surface area contributed by atoms with Crippen LogP contribution < -0.4 is 10.2 Å². The monoisotopic (exact) mass is 534 g/mol. The Bertz CT molecular complexity index is 1660. The molecule has 11 heteroatoms. The van der Waals surface area contributed by atoms with Crippen LogP contribution in [0.5, 0.6) is 0 Å². The Morgan fingerprint density at radius 1 is 1.11 bits per heavy atom. The lowest BCUT2D eigenvalue weighted by Gasteiger charge is -2.20. The molecule has 2 heterocycles. The van der Waals surface area contributed by atoms with E-state index in [-0.39, 0.29) is 15.6 Å². The standard InChI is InChI=1S/C26H23ClN6O3S/c1-4-31(5-2)16-9-11-17(12-10-16)32-29-20-13-15(3)19(14-21(20)30-32)28-26(34)25-23(27)18-7-6-8-22(33(35)36)24(18)37-25/h6-14H,4-5H2,1-3H3,(H,28,34). The minimum Gasteiger partial charge on any atom is -0.372 e. The van der Waals surface area contributed by atoms with E-state index in [0.717, 1.165) is 41.4 Å². The molecule has 0 spiro atoms. The molecule has 0 aliphatic heterocycles. The van der Waals surface area contributed by atoms with Crippen molar-refractivity contribution in [1.29, 1.82) is 0 Å². The molecule has 5 aromatic rings. The predicted molar refractivity (Wildman–Crippen MR) is 149 cm³/mol. The van der Waals surface area contributed by atoms with Gasteiger partial charge in [0.15, 0.2) is 0 Å². The van der Waals surface area contributed by atoms with E-state index in [2.05, 4.69) is 34.3 Å². The number of carbonyl (C=O) groups excluding carboxylic acids is 1. The summed E-state index contributed by atoms with van der Waals surface area (Å²) in [5, 5.41) is 24.2. The molecule has 1 N–H and O–H groups in total. The summed E-state index contributed by atoms with van der Waals surface area (Å²) in [6, 6.07) is 16.3. The molecule has 0 bridgehead atoms. The molecule has 0 radical (unpaired) electrons. The van der Waals surface area contributed by atoms with Gasteiger partial charge in [0.05, 0.1) is 15.6 Å². The first-order valence-corrected chi connectivity index (χ1v) is 12.9. The van der Waals surface area contributed by atoms with Crippen LogP contribution in [-0.2, 0) is 0 Å². The molecule has 1 amide bonds. The number of amides is 1. The van der Waals surface area contributed by atoms with Crippen molar-refractivity contribution in [2.75, 3.05) is 23.3 Å². The molecule has 0 aliphatic carbocycles. The number of carbonyl (C=O) groups is 1. The third-order valence-electron chi connectivity index (χ3n) is 6.22. The molecule has 3 aromatic carbocycles. The van der Waals surface area contributed by atoms with Gasteiger partial charge in [-0.1, -0.05) is 23.7 Å². The van der Waals surface area contributed by atoms with Gasteiger partial charge < -0.3 is 10.2 Å². The summed E-state index contributed by atoms with van der Waals surface area (Å²) in [5.74, 6) is -0.442. The van der Waals surface area contributed by atoms with Gasteiger partial charge in [-0.05, 0) is 62.7 Å². The van der Waals surface area contributed by atoms with Crippen LogP contribution in [0.15, 0.2) is 54.6 Å². The number of hydrogen-bond donors (Lipinski definition) is 1. The molecular formula is C26H23ClN6O3S. The number of benzene rings is 3. The maximum atomic E-state index is 13.1. The zero-order valence-electron chi connectivity index (χ0n) is 20.4. The van der Waals surface area contributed by atoms with Crippen molar-refractivity contribution in [3.05, 3.63) is 80.2 Å². The van der Waals surface area contributed by atoms with Crippen molar-refractivity contribution >= 4 is 67.0 Å². The first kappa shape index (κ1) is 24.7. The van der Waals surface area contributed by atoms with Crippen molar-refractivity contribution in [2.24, 2.45) is 0 Å². The van der Waals surface area contributed by atoms with E-state index in [1.54, 1.807) is 23.0 Å². The van der Waals surface area contributed by atoms with E-state index in [0.29, 0.717) is 26.8 Å². The highest BCUT2D eigenvalue weighted by Crippen LogP contribution is 2.40. The molecule has 0 saturated heterocycles. The number of nitro benzene ring substituents is 1. The second-order valence-electron chi connectivity index (χ2n) is 8.44. The fourth-order valence-electron chi connectivity index (χ4n) is 4.25. The largest absolute Gasteiger partial charge is 0.372 e. The SMILES string of the molecule is CCN(CC)c1ccc(-n2nc3cc(C)c(NC(=O)c4sc5c([N+](=O)[O-])cccc5c4Cl)cc3n2)cc1. The lowest BCUT2D eigenvalue weighted by atomic mass is 10.1. The zero-order chi connectivity index (χ0) is 26.3. The predicted octanol–water partition coefficient (Wildman–Crippen LogP) is 6.60. The highest BCUT2D eigenvalue weighted by molar-refractivity contribution is 7.22. The van der Waals surface area contributed by atoms with Crippen LogP contribution in [0.2, 0.25) is 5.02 Å². The van der Waals surface area contributed by atoms with Crippen molar-refractivity contribution in [3.8, 4) is 5.69 Å². The van der Waals surface area contributed by atoms with E-state index >= 15 is 0 Å². The number of halogens is 1. The van der Waals surface area contributed by atoms with Gasteiger partial charge in [-0.15, -0.1) is 21.5 Å². The summed E-state index contributed by atoms with van der Waals surface area (Å²) in [6.07, 6.45) is 0. The average molecular weight is 535 g/mol. The second kappa shape index (κ2) is 9.79. The number of fused-ring (bicyclic) bond motifs is 2. The average Bonchev–Trinajstić information content (AvgIpc) is 3.46. The first-order chi connectivity index (χ1) is 17.8. The molecule has 188 valence electrons. The minimum absolute atomic E-state index is 0.0807. The van der Waals surface area contributed by atoms with Crippen LogP contribution in [0.4, 0.5) is 17.1 Å². The Hall–Kier alpha value is -4.02. The van der Waals surface area contributed by atoms with E-state index in [4.69, 9.17) is 11.6 Å². The van der Waals surface area contributed by atoms with Gasteiger partial charge >= 0.3 is 0 Å². The number of non-ortho nitro benzene ring substituents is 1. The number of thiophene rings is 1. The summed E-state index contributed by atoms with van der Waals surface area (Å²) < 4.78 is 0.366. The molecule has 37 heavy (non-hydrogen) atoms. The lowest BCUT2D eigenvalue weighted by Crippen LogP contribution is -2.21. The number of aromatic nitrogens is 3. The van der Waals surface area contributed by atoms with Crippen LogP contribution in [-0.4, -0.2) is 38.9 Å². The molecule has 0 fully saturated rings. The van der Waals surface area contributed by atoms with Gasteiger partial charge in [0.2, 0.25) is 0 Å². The number of anilines is 2. The summed E-state index contributed by atoms with van der Waals surface area (Å²) in [4.78, 5) is 28.1. The molecule has 2 aromatic heterocycles. The first-order valence-electron chi connectivity index (χ1n) is 11.7. The molecule has 0 unspecified atom stereocenters. The summed E-state index contributed by atoms with van der Waals surface area (Å²) in [5.41, 5.74) is 4.55. The normalized spacial score (nSPS) is 11.2. The molecule has 0 atom stereocenters. The highest BCUT2D eigenvalue weighted by Gasteiger charge is 2.23. The quantitative estimate of drug-likeness (QED) is 0.186. The minimum atomic E-state index is -0.477. The maximum absolute atomic E-state index is 13.1. The van der Waals surface area contributed by atoms with Crippen LogP contribution >= 0.6 is 22.9 Å². The molecule has 5 rings (SSSR count).